The van der Waals surface area contributed by atoms with Crippen molar-refractivity contribution in [2.75, 3.05) is 23.3 Å². The highest BCUT2D eigenvalue weighted by atomic mass is 32.1. The van der Waals surface area contributed by atoms with Gasteiger partial charge in [-0.25, -0.2) is 9.59 Å². The molecular weight excluding hydrogens is 348 g/mol. The molecule has 138 valence electrons. The van der Waals surface area contributed by atoms with Crippen molar-refractivity contribution < 1.29 is 9.59 Å². The molecule has 3 rings (SSSR count). The average molecular weight is 372 g/mol. The molecule has 26 heavy (non-hydrogen) atoms. The lowest BCUT2D eigenvalue weighted by atomic mass is 9.86. The van der Waals surface area contributed by atoms with Gasteiger partial charge in [-0.2, -0.15) is 0 Å². The average Bonchev–Trinajstić information content (AvgIpc) is 3.23. The van der Waals surface area contributed by atoms with Crippen LogP contribution < -0.4 is 20.9 Å². The number of rotatable bonds is 4. The molecule has 3 N–H and O–H groups in total. The first-order chi connectivity index (χ1) is 12.3. The Labute approximate surface area is 157 Å². The minimum Gasteiger partial charge on any atom is -0.336 e. The standard InChI is InChI=1S/C19H24N4O2S/c1-19(2,3)16(15-8-5-11-26-15)22-17(24)21-13-6-4-7-14(12-13)23-10-9-20-18(23)25/h4-8,11-12,16H,9-10H2,1-3H3,(H,20,25)(H2,21,22,24)/t16-/m0/s1. The molecule has 1 atom stereocenters. The van der Waals surface area contributed by atoms with E-state index in [2.05, 4.69) is 36.7 Å². The van der Waals surface area contributed by atoms with Crippen LogP contribution in [-0.4, -0.2) is 25.2 Å². The second-order valence-electron chi connectivity index (χ2n) is 7.35. The van der Waals surface area contributed by atoms with Crippen LogP contribution >= 0.6 is 11.3 Å². The maximum atomic E-state index is 12.6. The van der Waals surface area contributed by atoms with Crippen molar-refractivity contribution in [1.29, 1.82) is 0 Å². The normalized spacial score (nSPS) is 15.5. The van der Waals surface area contributed by atoms with Crippen LogP contribution in [0.15, 0.2) is 41.8 Å². The van der Waals surface area contributed by atoms with E-state index in [-0.39, 0.29) is 23.5 Å². The van der Waals surface area contributed by atoms with Gasteiger partial charge in [0.25, 0.3) is 0 Å². The summed E-state index contributed by atoms with van der Waals surface area (Å²) < 4.78 is 0. The summed E-state index contributed by atoms with van der Waals surface area (Å²) >= 11 is 1.63. The maximum Gasteiger partial charge on any atom is 0.321 e. The highest BCUT2D eigenvalue weighted by molar-refractivity contribution is 7.10. The van der Waals surface area contributed by atoms with Gasteiger partial charge < -0.3 is 16.0 Å². The van der Waals surface area contributed by atoms with E-state index in [9.17, 15) is 9.59 Å². The monoisotopic (exact) mass is 372 g/mol. The molecule has 6 nitrogen and oxygen atoms in total. The molecule has 2 heterocycles. The first kappa shape index (κ1) is 18.3. The van der Waals surface area contributed by atoms with Crippen LogP contribution in [0.4, 0.5) is 21.0 Å². The zero-order valence-corrected chi connectivity index (χ0v) is 16.0. The van der Waals surface area contributed by atoms with E-state index in [1.807, 2.05) is 41.8 Å². The largest absolute Gasteiger partial charge is 0.336 e. The second-order valence-corrected chi connectivity index (χ2v) is 8.33. The number of benzene rings is 1. The van der Waals surface area contributed by atoms with Crippen molar-refractivity contribution in [3.05, 3.63) is 46.7 Å². The van der Waals surface area contributed by atoms with Crippen LogP contribution in [0.2, 0.25) is 0 Å². The summed E-state index contributed by atoms with van der Waals surface area (Å²) in [5.41, 5.74) is 1.31. The van der Waals surface area contributed by atoms with Crippen LogP contribution in [0.1, 0.15) is 31.7 Å². The number of nitrogens with one attached hydrogen (secondary N) is 3. The summed E-state index contributed by atoms with van der Waals surface area (Å²) in [7, 11) is 0. The molecule has 0 spiro atoms. The molecule has 1 aromatic carbocycles. The number of hydrogen-bond donors (Lipinski definition) is 3. The van der Waals surface area contributed by atoms with Gasteiger partial charge in [0.1, 0.15) is 0 Å². The molecule has 0 aliphatic carbocycles. The van der Waals surface area contributed by atoms with E-state index in [1.54, 1.807) is 16.2 Å². The number of carbonyl (C=O) groups excluding carboxylic acids is 2. The van der Waals surface area contributed by atoms with Gasteiger partial charge in [0.15, 0.2) is 0 Å². The van der Waals surface area contributed by atoms with E-state index in [0.29, 0.717) is 18.8 Å². The van der Waals surface area contributed by atoms with Crippen molar-refractivity contribution in [2.45, 2.75) is 26.8 Å². The number of nitrogens with zero attached hydrogens (tertiary/aromatic N) is 1. The van der Waals surface area contributed by atoms with E-state index in [4.69, 9.17) is 0 Å². The Morgan fingerprint density at radius 2 is 2.08 bits per heavy atom. The smallest absolute Gasteiger partial charge is 0.321 e. The topological polar surface area (TPSA) is 73.5 Å². The molecule has 1 saturated heterocycles. The molecule has 1 aromatic heterocycles. The third kappa shape index (κ3) is 4.16. The molecule has 0 radical (unpaired) electrons. The summed E-state index contributed by atoms with van der Waals surface area (Å²) in [6.45, 7) is 7.56. The molecule has 4 amide bonds. The maximum absolute atomic E-state index is 12.6. The van der Waals surface area contributed by atoms with Gasteiger partial charge in [0.05, 0.1) is 6.04 Å². The summed E-state index contributed by atoms with van der Waals surface area (Å²) in [5.74, 6) is 0. The van der Waals surface area contributed by atoms with Crippen molar-refractivity contribution in [1.82, 2.24) is 10.6 Å². The Balaban J connectivity index is 1.70. The predicted molar refractivity (Wildman–Crippen MR) is 106 cm³/mol. The van der Waals surface area contributed by atoms with Gasteiger partial charge in [0, 0.05) is 29.3 Å². The quantitative estimate of drug-likeness (QED) is 0.753. The van der Waals surface area contributed by atoms with Gasteiger partial charge in [0.2, 0.25) is 0 Å². The Morgan fingerprint density at radius 1 is 1.27 bits per heavy atom. The lowest BCUT2D eigenvalue weighted by Crippen LogP contribution is -2.38. The molecule has 1 fully saturated rings. The fourth-order valence-corrected chi connectivity index (χ4v) is 3.96. The summed E-state index contributed by atoms with van der Waals surface area (Å²) in [4.78, 5) is 27.1. The minimum absolute atomic E-state index is 0.0879. The van der Waals surface area contributed by atoms with Crippen LogP contribution in [-0.2, 0) is 0 Å². The van der Waals surface area contributed by atoms with Crippen molar-refractivity contribution in [3.63, 3.8) is 0 Å². The van der Waals surface area contributed by atoms with E-state index in [0.717, 1.165) is 10.6 Å². The van der Waals surface area contributed by atoms with Crippen molar-refractivity contribution >= 4 is 34.8 Å². The molecule has 0 saturated carbocycles. The number of carbonyl (C=O) groups is 2. The van der Waals surface area contributed by atoms with Gasteiger partial charge >= 0.3 is 12.1 Å². The molecule has 1 aliphatic rings. The Morgan fingerprint density at radius 3 is 2.69 bits per heavy atom. The van der Waals surface area contributed by atoms with Crippen molar-refractivity contribution in [2.24, 2.45) is 5.41 Å². The predicted octanol–water partition coefficient (Wildman–Crippen LogP) is 4.19. The molecule has 0 bridgehead atoms. The van der Waals surface area contributed by atoms with Gasteiger partial charge in [-0.3, -0.25) is 4.90 Å². The SMILES string of the molecule is CC(C)(C)[C@@H](NC(=O)Nc1cccc(N2CCNC2=O)c1)c1cccs1. The number of anilines is 2. The fourth-order valence-electron chi connectivity index (χ4n) is 2.94. The molecular formula is C19H24N4O2S. The molecule has 0 unspecified atom stereocenters. The molecule has 7 heteroatoms. The third-order valence-electron chi connectivity index (χ3n) is 4.24. The number of hydrogen-bond acceptors (Lipinski definition) is 3. The highest BCUT2D eigenvalue weighted by Crippen LogP contribution is 2.35. The summed E-state index contributed by atoms with van der Waals surface area (Å²) in [6, 6.07) is 10.9. The first-order valence-electron chi connectivity index (χ1n) is 8.61. The van der Waals surface area contributed by atoms with E-state index >= 15 is 0 Å². The van der Waals surface area contributed by atoms with Crippen LogP contribution in [0.3, 0.4) is 0 Å². The highest BCUT2D eigenvalue weighted by Gasteiger charge is 2.28. The number of thiophene rings is 1. The summed E-state index contributed by atoms with van der Waals surface area (Å²) in [6.07, 6.45) is 0. The summed E-state index contributed by atoms with van der Waals surface area (Å²) in [5, 5.41) is 10.7. The van der Waals surface area contributed by atoms with Crippen molar-refractivity contribution in [3.8, 4) is 0 Å². The van der Waals surface area contributed by atoms with Gasteiger partial charge in [-0.05, 0) is 35.1 Å². The van der Waals surface area contributed by atoms with Gasteiger partial charge in [-0.1, -0.05) is 32.9 Å². The van der Waals surface area contributed by atoms with E-state index < -0.39 is 0 Å². The molecule has 1 aliphatic heterocycles. The molecule has 2 aromatic rings. The van der Waals surface area contributed by atoms with E-state index in [1.165, 1.54) is 0 Å². The Kier molecular flexibility index (Phi) is 5.18. The first-order valence-corrected chi connectivity index (χ1v) is 9.49. The fraction of sp³-hybridized carbons (Fsp3) is 0.368. The Hall–Kier alpha value is -2.54. The Bertz CT molecular complexity index is 783. The van der Waals surface area contributed by atoms with Crippen LogP contribution in [0, 0.1) is 5.41 Å². The zero-order valence-electron chi connectivity index (χ0n) is 15.2. The number of amides is 4. The lowest BCUT2D eigenvalue weighted by Gasteiger charge is -2.30. The van der Waals surface area contributed by atoms with Gasteiger partial charge in [-0.15, -0.1) is 11.3 Å². The number of urea groups is 2. The van der Waals surface area contributed by atoms with Crippen LogP contribution in [0.25, 0.3) is 0 Å². The zero-order chi connectivity index (χ0) is 18.7. The third-order valence-corrected chi connectivity index (χ3v) is 5.18. The lowest BCUT2D eigenvalue weighted by molar-refractivity contribution is 0.230. The van der Waals surface area contributed by atoms with Crippen LogP contribution in [0.5, 0.6) is 0 Å². The second kappa shape index (κ2) is 7.37. The minimum atomic E-state index is -0.263.